The molecule has 1 aliphatic carbocycles. The number of hydrogen-bond acceptors (Lipinski definition) is 1. The Morgan fingerprint density at radius 3 is 2.73 bits per heavy atom. The molecule has 0 atom stereocenters. The van der Waals surface area contributed by atoms with Gasteiger partial charge < -0.3 is 0 Å². The molecule has 2 aliphatic rings. The second kappa shape index (κ2) is 2.19. The molecule has 1 aliphatic heterocycles. The predicted octanol–water partition coefficient (Wildman–Crippen LogP) is 2.48. The van der Waals surface area contributed by atoms with Crippen molar-refractivity contribution in [3.63, 3.8) is 0 Å². The molecule has 0 fully saturated rings. The molecule has 0 saturated carbocycles. The van der Waals surface area contributed by atoms with Crippen LogP contribution in [-0.4, -0.2) is 6.21 Å². The predicted molar refractivity (Wildman–Crippen MR) is 47.6 cm³/mol. The van der Waals surface area contributed by atoms with Crippen LogP contribution in [0.25, 0.3) is 0 Å². The second-order valence-electron chi connectivity index (χ2n) is 3.23. The lowest BCUT2D eigenvalue weighted by Crippen LogP contribution is -1.86. The lowest BCUT2D eigenvalue weighted by atomic mass is 10.1. The monoisotopic (exact) mass is 145 g/mol. The van der Waals surface area contributed by atoms with E-state index in [1.807, 2.05) is 6.21 Å². The minimum absolute atomic E-state index is 0.615. The standard InChI is InChI=1S/C10H11N/c1-7(2)9-5-8-3-4-11-10(8)6-9/h3-7H,1-2H3. The summed E-state index contributed by atoms with van der Waals surface area (Å²) < 4.78 is 0. The van der Waals surface area contributed by atoms with E-state index >= 15 is 0 Å². The number of allylic oxidation sites excluding steroid dienone is 4. The van der Waals surface area contributed by atoms with Crippen molar-refractivity contribution in [1.29, 1.82) is 0 Å². The highest BCUT2D eigenvalue weighted by atomic mass is 14.8. The van der Waals surface area contributed by atoms with Crippen LogP contribution >= 0.6 is 0 Å². The second-order valence-corrected chi connectivity index (χ2v) is 3.23. The van der Waals surface area contributed by atoms with E-state index in [4.69, 9.17) is 0 Å². The Kier molecular flexibility index (Phi) is 1.31. The highest BCUT2D eigenvalue weighted by Gasteiger charge is 2.15. The van der Waals surface area contributed by atoms with E-state index in [2.05, 4.69) is 37.1 Å². The summed E-state index contributed by atoms with van der Waals surface area (Å²) in [5.74, 6) is 0.615. The van der Waals surface area contributed by atoms with Crippen LogP contribution in [0.4, 0.5) is 0 Å². The van der Waals surface area contributed by atoms with E-state index in [9.17, 15) is 0 Å². The van der Waals surface area contributed by atoms with E-state index in [1.54, 1.807) is 0 Å². The molecule has 0 aromatic carbocycles. The number of hydrogen-bond donors (Lipinski definition) is 0. The van der Waals surface area contributed by atoms with Gasteiger partial charge in [-0.25, -0.2) is 0 Å². The summed E-state index contributed by atoms with van der Waals surface area (Å²) in [4.78, 5) is 4.22. The summed E-state index contributed by atoms with van der Waals surface area (Å²) >= 11 is 0. The fourth-order valence-corrected chi connectivity index (χ4v) is 1.31. The Labute approximate surface area is 66.8 Å². The van der Waals surface area contributed by atoms with Crippen LogP contribution in [0, 0.1) is 5.92 Å². The van der Waals surface area contributed by atoms with Crippen LogP contribution in [-0.2, 0) is 0 Å². The maximum atomic E-state index is 4.22. The minimum atomic E-state index is 0.615. The van der Waals surface area contributed by atoms with Crippen LogP contribution < -0.4 is 0 Å². The van der Waals surface area contributed by atoms with Crippen LogP contribution in [0.5, 0.6) is 0 Å². The summed E-state index contributed by atoms with van der Waals surface area (Å²) in [6, 6.07) is 0. The molecular weight excluding hydrogens is 134 g/mol. The zero-order valence-corrected chi connectivity index (χ0v) is 6.83. The van der Waals surface area contributed by atoms with Crippen molar-refractivity contribution < 1.29 is 0 Å². The smallest absolute Gasteiger partial charge is 0.0705 e. The molecule has 0 amide bonds. The van der Waals surface area contributed by atoms with Crippen molar-refractivity contribution in [3.05, 3.63) is 35.1 Å². The number of aliphatic imine (C=N–C) groups is 1. The number of rotatable bonds is 1. The van der Waals surface area contributed by atoms with Gasteiger partial charge >= 0.3 is 0 Å². The molecule has 0 aromatic heterocycles. The molecule has 11 heavy (non-hydrogen) atoms. The van der Waals surface area contributed by atoms with E-state index in [0.717, 1.165) is 5.70 Å². The number of nitrogens with zero attached hydrogens (tertiary/aromatic N) is 1. The van der Waals surface area contributed by atoms with Crippen LogP contribution in [0.2, 0.25) is 0 Å². The Morgan fingerprint density at radius 2 is 2.09 bits per heavy atom. The first-order valence-electron chi connectivity index (χ1n) is 3.95. The van der Waals surface area contributed by atoms with Crippen LogP contribution in [0.1, 0.15) is 13.8 Å². The first kappa shape index (κ1) is 6.59. The highest BCUT2D eigenvalue weighted by Crippen LogP contribution is 2.30. The summed E-state index contributed by atoms with van der Waals surface area (Å²) in [7, 11) is 0. The molecule has 2 rings (SSSR count). The van der Waals surface area contributed by atoms with E-state index in [1.165, 1.54) is 11.1 Å². The lowest BCUT2D eigenvalue weighted by molar-refractivity contribution is 0.794. The third-order valence-corrected chi connectivity index (χ3v) is 2.06. The van der Waals surface area contributed by atoms with Crippen molar-refractivity contribution >= 4 is 6.21 Å². The van der Waals surface area contributed by atoms with Gasteiger partial charge in [0.05, 0.1) is 5.70 Å². The van der Waals surface area contributed by atoms with Gasteiger partial charge in [-0.1, -0.05) is 13.8 Å². The third-order valence-electron chi connectivity index (χ3n) is 2.06. The molecule has 56 valence electrons. The Morgan fingerprint density at radius 1 is 1.27 bits per heavy atom. The van der Waals surface area contributed by atoms with Gasteiger partial charge in [-0.05, 0) is 29.7 Å². The molecule has 1 nitrogen and oxygen atoms in total. The van der Waals surface area contributed by atoms with Crippen LogP contribution in [0.15, 0.2) is 40.1 Å². The van der Waals surface area contributed by atoms with Gasteiger partial charge in [-0.2, -0.15) is 0 Å². The maximum Gasteiger partial charge on any atom is 0.0705 e. The van der Waals surface area contributed by atoms with Crippen LogP contribution in [0.3, 0.4) is 0 Å². The molecule has 1 heteroatoms. The van der Waals surface area contributed by atoms with Gasteiger partial charge in [0.25, 0.3) is 0 Å². The average Bonchev–Trinajstić information content (AvgIpc) is 2.40. The first-order chi connectivity index (χ1) is 5.27. The fourth-order valence-electron chi connectivity index (χ4n) is 1.31. The summed E-state index contributed by atoms with van der Waals surface area (Å²) in [6.07, 6.45) is 8.29. The quantitative estimate of drug-likeness (QED) is 0.537. The maximum absolute atomic E-state index is 4.22. The van der Waals surface area contributed by atoms with Crippen molar-refractivity contribution in [3.8, 4) is 0 Å². The number of fused-ring (bicyclic) bond motifs is 1. The molecule has 0 N–H and O–H groups in total. The van der Waals surface area contributed by atoms with E-state index in [-0.39, 0.29) is 0 Å². The van der Waals surface area contributed by atoms with E-state index < -0.39 is 0 Å². The first-order valence-corrected chi connectivity index (χ1v) is 3.95. The van der Waals surface area contributed by atoms with Gasteiger partial charge in [-0.15, -0.1) is 0 Å². The zero-order chi connectivity index (χ0) is 7.84. The summed E-state index contributed by atoms with van der Waals surface area (Å²) in [5.41, 5.74) is 3.80. The molecule has 1 heterocycles. The Balaban J connectivity index is 2.34. The minimum Gasteiger partial charge on any atom is -0.256 e. The van der Waals surface area contributed by atoms with Crippen molar-refractivity contribution in [2.75, 3.05) is 0 Å². The molecule has 0 spiro atoms. The molecule has 0 saturated heterocycles. The highest BCUT2D eigenvalue weighted by molar-refractivity contribution is 5.82. The molecule has 0 radical (unpaired) electrons. The van der Waals surface area contributed by atoms with E-state index in [0.29, 0.717) is 5.92 Å². The molecular formula is C10H11N. The lowest BCUT2D eigenvalue weighted by Gasteiger charge is -2.00. The normalized spacial score (nSPS) is 20.1. The average molecular weight is 145 g/mol. The van der Waals surface area contributed by atoms with Crippen molar-refractivity contribution in [2.45, 2.75) is 13.8 Å². The molecule has 0 bridgehead atoms. The zero-order valence-electron chi connectivity index (χ0n) is 6.83. The van der Waals surface area contributed by atoms with Gasteiger partial charge in [-0.3, -0.25) is 4.99 Å². The summed E-state index contributed by atoms with van der Waals surface area (Å²) in [5, 5.41) is 0. The Hall–Kier alpha value is -1.11. The fraction of sp³-hybridized carbons (Fsp3) is 0.300. The van der Waals surface area contributed by atoms with Crippen molar-refractivity contribution in [1.82, 2.24) is 0 Å². The van der Waals surface area contributed by atoms with Gasteiger partial charge in [0.2, 0.25) is 0 Å². The van der Waals surface area contributed by atoms with Crippen molar-refractivity contribution in [2.24, 2.45) is 10.9 Å². The third kappa shape index (κ3) is 0.967. The molecule has 0 unspecified atom stereocenters. The largest absolute Gasteiger partial charge is 0.256 e. The van der Waals surface area contributed by atoms with Gasteiger partial charge in [0.15, 0.2) is 0 Å². The SMILES string of the molecule is CC(C)C1=CC2=CC=NC2=C1. The van der Waals surface area contributed by atoms with Gasteiger partial charge in [0, 0.05) is 11.8 Å². The topological polar surface area (TPSA) is 12.4 Å². The molecule has 0 aromatic rings. The Bertz CT molecular complexity index is 301. The summed E-state index contributed by atoms with van der Waals surface area (Å²) in [6.45, 7) is 4.41. The van der Waals surface area contributed by atoms with Gasteiger partial charge in [0.1, 0.15) is 0 Å².